The number of methoxy groups -OCH3 is 1. The molecule has 0 unspecified atom stereocenters. The fraction of sp³-hybridized carbons (Fsp3) is 0.400. The van der Waals surface area contributed by atoms with Crippen molar-refractivity contribution < 1.29 is 57.9 Å². The van der Waals surface area contributed by atoms with Gasteiger partial charge in [0.1, 0.15) is 42.4 Å². The molecule has 2 saturated heterocycles. The smallest absolute Gasteiger partial charge is 0.336 e. The van der Waals surface area contributed by atoms with Crippen molar-refractivity contribution in [2.75, 3.05) is 25.5 Å². The lowest BCUT2D eigenvalue weighted by molar-refractivity contribution is -0.384. The monoisotopic (exact) mass is 1020 g/mol. The lowest BCUT2D eigenvalue weighted by atomic mass is 10.0. The summed E-state index contributed by atoms with van der Waals surface area (Å²) in [5.41, 5.74) is 4.39. The van der Waals surface area contributed by atoms with Gasteiger partial charge in [0.15, 0.2) is 0 Å². The van der Waals surface area contributed by atoms with Crippen LogP contribution in [-0.2, 0) is 51.3 Å². The number of hydrogen-bond acceptors (Lipinski definition) is 13. The fourth-order valence-electron chi connectivity index (χ4n) is 9.09. The molecule has 2 aromatic carbocycles. The molecule has 0 radical (unpaired) electrons. The zero-order valence-electron chi connectivity index (χ0n) is 40.7. The molecule has 2 fully saturated rings. The van der Waals surface area contributed by atoms with Gasteiger partial charge in [-0.1, -0.05) is 44.0 Å². The molecule has 4 heterocycles. The Morgan fingerprint density at radius 3 is 2.28 bits per heavy atom. The second-order valence-electron chi connectivity index (χ2n) is 17.8. The van der Waals surface area contributed by atoms with Gasteiger partial charge >= 0.3 is 11.9 Å². The molecule has 0 spiro atoms. The molecule has 0 bridgehead atoms. The number of non-ortho nitro benzene ring substituents is 1. The van der Waals surface area contributed by atoms with Gasteiger partial charge < -0.3 is 56.2 Å². The molecule has 74 heavy (non-hydrogen) atoms. The number of carboxylic acid groups (broad SMARTS) is 1. The normalized spacial score (nSPS) is 16.5. The number of anilines is 1. The molecule has 2 aromatic heterocycles. The highest BCUT2D eigenvalue weighted by atomic mass is 16.6. The summed E-state index contributed by atoms with van der Waals surface area (Å²) >= 11 is 0. The first kappa shape index (κ1) is 54.6. The van der Waals surface area contributed by atoms with Crippen LogP contribution in [0.15, 0.2) is 83.9 Å². The molecule has 6 rings (SSSR count). The number of ether oxygens (including phenoxy) is 1. The van der Waals surface area contributed by atoms with Crippen LogP contribution >= 0.6 is 0 Å². The molecule has 7 amide bonds. The number of carbonyl (C=O) groups excluding carboxylic acids is 8. The average Bonchev–Trinajstić information content (AvgIpc) is 4.18. The summed E-state index contributed by atoms with van der Waals surface area (Å²) in [7, 11) is 1.16. The van der Waals surface area contributed by atoms with Crippen molar-refractivity contribution in [3.8, 4) is 0 Å². The van der Waals surface area contributed by atoms with Gasteiger partial charge in [-0.15, -0.1) is 0 Å². The highest BCUT2D eigenvalue weighted by molar-refractivity contribution is 6.07. The number of aromatic carboxylic acids is 1. The van der Waals surface area contributed by atoms with Crippen LogP contribution in [0.3, 0.4) is 0 Å². The number of hydrogen-bond donors (Lipinski definition) is 7. The van der Waals surface area contributed by atoms with Gasteiger partial charge in [0.2, 0.25) is 35.4 Å². The topological polar surface area (TPSA) is 345 Å². The van der Waals surface area contributed by atoms with Crippen molar-refractivity contribution in [3.05, 3.63) is 116 Å². The Labute approximate surface area is 423 Å². The van der Waals surface area contributed by atoms with Gasteiger partial charge in [0.25, 0.3) is 17.2 Å². The van der Waals surface area contributed by atoms with Crippen molar-refractivity contribution in [1.82, 2.24) is 35.3 Å². The number of nitrogens with zero attached hydrogens (tertiary/aromatic N) is 4. The maximum absolute atomic E-state index is 14.4. The maximum atomic E-state index is 14.4. The number of aromatic nitrogens is 2. The summed E-state index contributed by atoms with van der Waals surface area (Å²) in [6.45, 7) is 1.65. The number of nitrogens with two attached hydrogens (primary N) is 1. The number of para-hydroxylation sites is 1. The Kier molecular flexibility index (Phi) is 18.5. The molecule has 0 saturated carbocycles. The first-order valence-corrected chi connectivity index (χ1v) is 24.0. The third kappa shape index (κ3) is 13.4. The molecule has 24 heteroatoms. The molecule has 24 nitrogen and oxygen atoms in total. The number of carboxylic acids is 1. The zero-order chi connectivity index (χ0) is 53.6. The van der Waals surface area contributed by atoms with E-state index >= 15 is 0 Å². The Hall–Kier alpha value is -8.70. The number of amides is 7. The first-order valence-electron chi connectivity index (χ1n) is 24.0. The number of primary amides is 1. The molecule has 392 valence electrons. The fourth-order valence-corrected chi connectivity index (χ4v) is 9.09. The summed E-state index contributed by atoms with van der Waals surface area (Å²) in [5, 5.41) is 32.4. The Balaban J connectivity index is 1.16. The average molecular weight is 1020 g/mol. The summed E-state index contributed by atoms with van der Waals surface area (Å²) in [4.78, 5) is 150. The van der Waals surface area contributed by atoms with Gasteiger partial charge in [0, 0.05) is 61.0 Å². The quantitative estimate of drug-likeness (QED) is 0.0242. The highest BCUT2D eigenvalue weighted by Crippen LogP contribution is 2.25. The van der Waals surface area contributed by atoms with E-state index < -0.39 is 117 Å². The standard InChI is InChI=1S/C50H58N10O14/c1-3-4-13-37(55-45(65)35(15-7-8-19-42(62)74-2)54-44(64)32-21-20-30(60(72)73)26-33(32)50(70)71)48(68)59-24-11-18-40(59)46(66)56-36-16-9-22-57(47(36)67)28-41(61)53-38(49(69)58-23-10-17-39(58)43(51)63)25-29-27-52-34-14-6-5-12-31(29)34/h5-6,8-9,12,14,16,19-22,26-27,35,37-40,52H,3-4,7,10-11,13,15,17-18,23-25,28H2,1-2H3,(H2,51,63)(H,53,61)(H,54,64)(H,55,65)(H,56,66)(H,70,71)/b19-8+/t35-,37-,38-,39-,40-/m0/s1. The molecule has 8 N–H and O–H groups in total. The minimum absolute atomic E-state index is 0.0108. The maximum Gasteiger partial charge on any atom is 0.336 e. The van der Waals surface area contributed by atoms with Crippen LogP contribution in [0.5, 0.6) is 0 Å². The largest absolute Gasteiger partial charge is 0.478 e. The SMILES string of the molecule is CCCC[C@H](NC(=O)[C@H](CC/C=C/C(=O)OC)NC(=O)c1ccc([N+](=O)[O-])cc1C(=O)O)C(=O)N1CCC[C@H]1C(=O)Nc1cccn(CC(=O)N[C@@H](Cc2c[nH]c3ccccc23)C(=O)N2CCC[C@H]2C(N)=O)c1=O. The number of carbonyl (C=O) groups is 9. The van der Waals surface area contributed by atoms with Crippen LogP contribution in [0.1, 0.15) is 91.0 Å². The minimum atomic E-state index is -1.65. The predicted octanol–water partition coefficient (Wildman–Crippen LogP) is 2.05. The summed E-state index contributed by atoms with van der Waals surface area (Å²) in [5.74, 6) is -7.54. The number of fused-ring (bicyclic) bond motifs is 1. The molecule has 2 aliphatic rings. The molecule has 4 aromatic rings. The third-order valence-corrected chi connectivity index (χ3v) is 12.9. The second kappa shape index (κ2) is 25.1. The van der Waals surface area contributed by atoms with Crippen molar-refractivity contribution in [3.63, 3.8) is 0 Å². The second-order valence-corrected chi connectivity index (χ2v) is 17.8. The van der Waals surface area contributed by atoms with Crippen molar-refractivity contribution in [1.29, 1.82) is 0 Å². The predicted molar refractivity (Wildman–Crippen MR) is 265 cm³/mol. The van der Waals surface area contributed by atoms with Crippen LogP contribution in [-0.4, -0.2) is 133 Å². The van der Waals surface area contributed by atoms with E-state index in [1.54, 1.807) is 6.20 Å². The van der Waals surface area contributed by atoms with Crippen molar-refractivity contribution in [2.24, 2.45) is 5.73 Å². The molecular formula is C50H58N10O14. The Morgan fingerprint density at radius 2 is 1.59 bits per heavy atom. The van der Waals surface area contributed by atoms with E-state index in [2.05, 4.69) is 31.0 Å². The van der Waals surface area contributed by atoms with E-state index in [0.29, 0.717) is 38.2 Å². The van der Waals surface area contributed by atoms with Gasteiger partial charge in [-0.05, 0) is 74.8 Å². The van der Waals surface area contributed by atoms with Crippen LogP contribution in [0, 0.1) is 10.1 Å². The number of pyridine rings is 1. The molecule has 0 aliphatic carbocycles. The molecule has 2 aliphatic heterocycles. The van der Waals surface area contributed by atoms with E-state index in [-0.39, 0.29) is 50.9 Å². The Bertz CT molecular complexity index is 2910. The number of nitrogens with one attached hydrogen (secondary N) is 5. The van der Waals surface area contributed by atoms with Crippen LogP contribution in [0.2, 0.25) is 0 Å². The number of likely N-dealkylation sites (tertiary alicyclic amines) is 2. The van der Waals surface area contributed by atoms with Gasteiger partial charge in [0.05, 0.1) is 23.2 Å². The van der Waals surface area contributed by atoms with Gasteiger partial charge in [-0.3, -0.25) is 48.5 Å². The number of esters is 1. The van der Waals surface area contributed by atoms with E-state index in [1.165, 1.54) is 34.2 Å². The zero-order valence-corrected chi connectivity index (χ0v) is 40.7. The summed E-state index contributed by atoms with van der Waals surface area (Å²) in [6.07, 6.45) is 8.02. The Morgan fingerprint density at radius 1 is 0.892 bits per heavy atom. The van der Waals surface area contributed by atoms with E-state index in [4.69, 9.17) is 5.73 Å². The van der Waals surface area contributed by atoms with E-state index in [9.17, 15) is 63.2 Å². The molecule has 5 atom stereocenters. The van der Waals surface area contributed by atoms with E-state index in [1.807, 2.05) is 31.2 Å². The number of rotatable bonds is 23. The van der Waals surface area contributed by atoms with Gasteiger partial charge in [-0.25, -0.2) is 9.59 Å². The minimum Gasteiger partial charge on any atom is -0.478 e. The van der Waals surface area contributed by atoms with E-state index in [0.717, 1.165) is 46.4 Å². The van der Waals surface area contributed by atoms with Gasteiger partial charge in [-0.2, -0.15) is 0 Å². The number of nitro benzene ring substituents is 1. The number of benzene rings is 2. The highest BCUT2D eigenvalue weighted by Gasteiger charge is 2.40. The first-order chi connectivity index (χ1) is 35.4. The number of nitro groups is 1. The number of unbranched alkanes of at least 4 members (excludes halogenated alkanes) is 1. The lowest BCUT2D eigenvalue weighted by Gasteiger charge is -2.30. The summed E-state index contributed by atoms with van der Waals surface area (Å²) < 4.78 is 5.64. The number of allylic oxidation sites excluding steroid dienone is 1. The van der Waals surface area contributed by atoms with Crippen molar-refractivity contribution in [2.45, 2.75) is 108 Å². The summed E-state index contributed by atoms with van der Waals surface area (Å²) in [6, 6.07) is 6.95. The number of aromatic amines is 1. The van der Waals surface area contributed by atoms with Crippen LogP contribution in [0.4, 0.5) is 11.4 Å². The van der Waals surface area contributed by atoms with Crippen molar-refractivity contribution >= 4 is 75.6 Å². The number of H-pyrrole nitrogens is 1. The van der Waals surface area contributed by atoms with Crippen LogP contribution in [0.25, 0.3) is 10.9 Å². The third-order valence-electron chi connectivity index (χ3n) is 12.9. The molecular weight excluding hydrogens is 965 g/mol. The lowest BCUT2D eigenvalue weighted by Crippen LogP contribution is -2.56. The van der Waals surface area contributed by atoms with Crippen LogP contribution < -0.4 is 32.6 Å².